The van der Waals surface area contributed by atoms with Gasteiger partial charge in [-0.05, 0) is 35.3 Å². The quantitative estimate of drug-likeness (QED) is 0.585. The zero-order valence-electron chi connectivity index (χ0n) is 12.0. The number of rotatable bonds is 12. The molecule has 1 N–H and O–H groups in total. The van der Waals surface area contributed by atoms with Crippen molar-refractivity contribution in [2.75, 3.05) is 32.3 Å². The van der Waals surface area contributed by atoms with E-state index in [2.05, 4.69) is 27.1 Å². The van der Waals surface area contributed by atoms with Gasteiger partial charge in [-0.3, -0.25) is 0 Å². The normalized spacial score (nSPS) is 11.1. The molecule has 19 heavy (non-hydrogen) atoms. The van der Waals surface area contributed by atoms with Crippen LogP contribution in [0.5, 0.6) is 0 Å². The van der Waals surface area contributed by atoms with Crippen molar-refractivity contribution in [3.8, 4) is 0 Å². The van der Waals surface area contributed by atoms with Crippen LogP contribution in [0.3, 0.4) is 0 Å². The van der Waals surface area contributed by atoms with Crippen LogP contribution >= 0.6 is 11.8 Å². The molecular formula is C12H25N5OS. The Morgan fingerprint density at radius 1 is 1.26 bits per heavy atom. The van der Waals surface area contributed by atoms with E-state index in [1.165, 1.54) is 25.0 Å². The Morgan fingerprint density at radius 3 is 2.89 bits per heavy atom. The largest absolute Gasteiger partial charge is 0.383 e. The van der Waals surface area contributed by atoms with Gasteiger partial charge in [0, 0.05) is 20.2 Å². The molecule has 0 aliphatic rings. The number of methoxy groups -OCH3 is 1. The van der Waals surface area contributed by atoms with Gasteiger partial charge in [-0.2, -0.15) is 11.8 Å². The lowest BCUT2D eigenvalue weighted by molar-refractivity contribution is 0.198. The number of hydrogen-bond donors (Lipinski definition) is 1. The first-order chi connectivity index (χ1) is 9.38. The molecule has 0 radical (unpaired) electrons. The third kappa shape index (κ3) is 7.49. The van der Waals surface area contributed by atoms with Gasteiger partial charge in [-0.15, -0.1) is 5.10 Å². The molecule has 6 nitrogen and oxygen atoms in total. The standard InChI is InChI=1S/C12H25N5OS/c1-18-9-7-13-11-12-14-15-16-17(12)8-5-3-4-6-10-19-2/h13H,3-11H2,1-2H3. The molecule has 0 saturated carbocycles. The maximum Gasteiger partial charge on any atom is 0.165 e. The molecule has 7 heteroatoms. The lowest BCUT2D eigenvalue weighted by Crippen LogP contribution is -2.21. The molecule has 0 unspecified atom stereocenters. The topological polar surface area (TPSA) is 64.9 Å². The minimum absolute atomic E-state index is 0.697. The van der Waals surface area contributed by atoms with Gasteiger partial charge < -0.3 is 10.1 Å². The van der Waals surface area contributed by atoms with Crippen molar-refractivity contribution in [3.63, 3.8) is 0 Å². The molecule has 0 atom stereocenters. The highest BCUT2D eigenvalue weighted by molar-refractivity contribution is 7.98. The molecule has 1 aromatic rings. The molecule has 0 fully saturated rings. The monoisotopic (exact) mass is 287 g/mol. The Morgan fingerprint density at radius 2 is 2.11 bits per heavy atom. The average molecular weight is 287 g/mol. The highest BCUT2D eigenvalue weighted by Crippen LogP contribution is 2.06. The number of unbranched alkanes of at least 4 members (excludes halogenated alkanes) is 3. The zero-order chi connectivity index (χ0) is 13.8. The van der Waals surface area contributed by atoms with Crippen molar-refractivity contribution in [2.24, 2.45) is 0 Å². The molecular weight excluding hydrogens is 262 g/mol. The zero-order valence-corrected chi connectivity index (χ0v) is 12.8. The van der Waals surface area contributed by atoms with Crippen molar-refractivity contribution < 1.29 is 4.74 Å². The van der Waals surface area contributed by atoms with Gasteiger partial charge >= 0.3 is 0 Å². The second-order valence-electron chi connectivity index (χ2n) is 4.39. The third-order valence-electron chi connectivity index (χ3n) is 2.84. The van der Waals surface area contributed by atoms with E-state index in [4.69, 9.17) is 4.74 Å². The Bertz CT molecular complexity index is 321. The number of nitrogens with zero attached hydrogens (tertiary/aromatic N) is 4. The number of tetrazole rings is 1. The predicted molar refractivity (Wildman–Crippen MR) is 78.2 cm³/mol. The van der Waals surface area contributed by atoms with E-state index in [-0.39, 0.29) is 0 Å². The Hall–Kier alpha value is -0.660. The van der Waals surface area contributed by atoms with E-state index in [0.717, 1.165) is 25.3 Å². The molecule has 0 aromatic carbocycles. The summed E-state index contributed by atoms with van der Waals surface area (Å²) in [6.45, 7) is 3.13. The number of hydrogen-bond acceptors (Lipinski definition) is 6. The van der Waals surface area contributed by atoms with Crippen LogP contribution in [-0.2, 0) is 17.8 Å². The number of thioether (sulfide) groups is 1. The van der Waals surface area contributed by atoms with Crippen LogP contribution in [0.15, 0.2) is 0 Å². The summed E-state index contributed by atoms with van der Waals surface area (Å²) >= 11 is 1.92. The summed E-state index contributed by atoms with van der Waals surface area (Å²) in [6.07, 6.45) is 7.15. The molecule has 1 rings (SSSR count). The molecule has 0 aliphatic heterocycles. The highest BCUT2D eigenvalue weighted by Gasteiger charge is 2.04. The molecule has 0 saturated heterocycles. The van der Waals surface area contributed by atoms with Crippen molar-refractivity contribution in [2.45, 2.75) is 38.8 Å². The number of aromatic nitrogens is 4. The van der Waals surface area contributed by atoms with Crippen LogP contribution in [0.2, 0.25) is 0 Å². The summed E-state index contributed by atoms with van der Waals surface area (Å²) in [5, 5.41) is 15.1. The summed E-state index contributed by atoms with van der Waals surface area (Å²) in [5.74, 6) is 2.17. The smallest absolute Gasteiger partial charge is 0.165 e. The summed E-state index contributed by atoms with van der Waals surface area (Å²) in [5.41, 5.74) is 0. The van der Waals surface area contributed by atoms with Gasteiger partial charge in [0.15, 0.2) is 5.82 Å². The lowest BCUT2D eigenvalue weighted by Gasteiger charge is -2.06. The summed E-state index contributed by atoms with van der Waals surface area (Å²) in [7, 11) is 1.70. The lowest BCUT2D eigenvalue weighted by atomic mass is 10.2. The fourth-order valence-corrected chi connectivity index (χ4v) is 2.25. The van der Waals surface area contributed by atoms with Gasteiger partial charge in [-0.25, -0.2) is 4.68 Å². The SMILES string of the molecule is COCCNCc1nnnn1CCCCCCSC. The maximum absolute atomic E-state index is 4.98. The second-order valence-corrected chi connectivity index (χ2v) is 5.38. The number of nitrogens with one attached hydrogen (secondary N) is 1. The second kappa shape index (κ2) is 11.2. The molecule has 0 aliphatic carbocycles. The Kier molecular flexibility index (Phi) is 9.66. The van der Waals surface area contributed by atoms with Gasteiger partial charge in [-0.1, -0.05) is 12.8 Å². The van der Waals surface area contributed by atoms with Crippen molar-refractivity contribution in [1.82, 2.24) is 25.5 Å². The van der Waals surface area contributed by atoms with Crippen LogP contribution in [-0.4, -0.2) is 52.5 Å². The van der Waals surface area contributed by atoms with Crippen LogP contribution in [0.4, 0.5) is 0 Å². The summed E-state index contributed by atoms with van der Waals surface area (Å²) in [4.78, 5) is 0. The van der Waals surface area contributed by atoms with Crippen LogP contribution in [0, 0.1) is 0 Å². The fourth-order valence-electron chi connectivity index (χ4n) is 1.76. The fraction of sp³-hybridized carbons (Fsp3) is 0.917. The molecule has 0 amide bonds. The summed E-state index contributed by atoms with van der Waals surface area (Å²) < 4.78 is 6.88. The van der Waals surface area contributed by atoms with Crippen LogP contribution in [0.1, 0.15) is 31.5 Å². The van der Waals surface area contributed by atoms with E-state index in [1.54, 1.807) is 7.11 Å². The van der Waals surface area contributed by atoms with Gasteiger partial charge in [0.25, 0.3) is 0 Å². The molecule has 1 heterocycles. The van der Waals surface area contributed by atoms with E-state index < -0.39 is 0 Å². The summed E-state index contributed by atoms with van der Waals surface area (Å²) in [6, 6.07) is 0. The van der Waals surface area contributed by atoms with E-state index in [1.807, 2.05) is 16.4 Å². The predicted octanol–water partition coefficient (Wildman–Crippen LogP) is 1.33. The number of ether oxygens (including phenoxy) is 1. The van der Waals surface area contributed by atoms with Gasteiger partial charge in [0.1, 0.15) is 0 Å². The molecule has 0 bridgehead atoms. The van der Waals surface area contributed by atoms with E-state index in [9.17, 15) is 0 Å². The maximum atomic E-state index is 4.98. The first kappa shape index (κ1) is 16.4. The first-order valence-corrected chi connectivity index (χ1v) is 8.21. The van der Waals surface area contributed by atoms with Crippen LogP contribution in [0.25, 0.3) is 0 Å². The van der Waals surface area contributed by atoms with Crippen molar-refractivity contribution in [1.29, 1.82) is 0 Å². The van der Waals surface area contributed by atoms with Crippen molar-refractivity contribution >= 4 is 11.8 Å². The van der Waals surface area contributed by atoms with Gasteiger partial charge in [0.2, 0.25) is 0 Å². The van der Waals surface area contributed by atoms with Crippen molar-refractivity contribution in [3.05, 3.63) is 5.82 Å². The highest BCUT2D eigenvalue weighted by atomic mass is 32.2. The first-order valence-electron chi connectivity index (χ1n) is 6.82. The average Bonchev–Trinajstić information content (AvgIpc) is 2.86. The third-order valence-corrected chi connectivity index (χ3v) is 3.54. The van der Waals surface area contributed by atoms with E-state index in [0.29, 0.717) is 13.2 Å². The minimum Gasteiger partial charge on any atom is -0.383 e. The van der Waals surface area contributed by atoms with Gasteiger partial charge in [0.05, 0.1) is 13.2 Å². The molecule has 0 spiro atoms. The van der Waals surface area contributed by atoms with E-state index >= 15 is 0 Å². The molecule has 1 aromatic heterocycles. The Labute approximate surface area is 119 Å². The molecule has 110 valence electrons. The number of aryl methyl sites for hydroxylation is 1. The van der Waals surface area contributed by atoms with Crippen LogP contribution < -0.4 is 5.32 Å². The Balaban J connectivity index is 2.13. The minimum atomic E-state index is 0.697.